The molecule has 0 radical (unpaired) electrons. The van der Waals surface area contributed by atoms with E-state index in [1.165, 1.54) is 17.3 Å². The lowest BCUT2D eigenvalue weighted by Crippen LogP contribution is -2.10. The number of benzene rings is 2. The summed E-state index contributed by atoms with van der Waals surface area (Å²) in [5.74, 6) is 1.73. The van der Waals surface area contributed by atoms with Crippen molar-refractivity contribution in [2.75, 3.05) is 0 Å². The zero-order valence-corrected chi connectivity index (χ0v) is 16.9. The molecule has 2 aromatic carbocycles. The SMILES string of the molecule is CC(C)(C)c1ccc(-c2nnc(SCc3coc(-c4ccccc4)n3)o2)cc1. The van der Waals surface area contributed by atoms with Gasteiger partial charge in [-0.05, 0) is 35.2 Å². The predicted octanol–water partition coefficient (Wildman–Crippen LogP) is 5.98. The van der Waals surface area contributed by atoms with Crippen LogP contribution in [0.1, 0.15) is 32.0 Å². The largest absolute Gasteiger partial charge is 0.444 e. The summed E-state index contributed by atoms with van der Waals surface area (Å²) in [4.78, 5) is 4.52. The van der Waals surface area contributed by atoms with Crippen molar-refractivity contribution in [3.05, 3.63) is 72.1 Å². The van der Waals surface area contributed by atoms with Gasteiger partial charge in [-0.2, -0.15) is 0 Å². The minimum absolute atomic E-state index is 0.116. The van der Waals surface area contributed by atoms with E-state index >= 15 is 0 Å². The van der Waals surface area contributed by atoms with E-state index in [0.717, 1.165) is 16.8 Å². The lowest BCUT2D eigenvalue weighted by atomic mass is 9.87. The summed E-state index contributed by atoms with van der Waals surface area (Å²) in [6, 6.07) is 18.1. The summed E-state index contributed by atoms with van der Waals surface area (Å²) in [6.07, 6.45) is 1.66. The fraction of sp³-hybridized carbons (Fsp3) is 0.227. The van der Waals surface area contributed by atoms with Crippen LogP contribution < -0.4 is 0 Å². The molecule has 4 aromatic rings. The van der Waals surface area contributed by atoms with Crippen molar-refractivity contribution in [2.24, 2.45) is 0 Å². The van der Waals surface area contributed by atoms with Gasteiger partial charge in [-0.3, -0.25) is 0 Å². The third-order valence-corrected chi connectivity index (χ3v) is 5.17. The van der Waals surface area contributed by atoms with Crippen LogP contribution in [0.4, 0.5) is 0 Å². The molecule has 0 saturated carbocycles. The normalized spacial score (nSPS) is 11.7. The Morgan fingerprint density at radius 3 is 2.29 bits per heavy atom. The summed E-state index contributed by atoms with van der Waals surface area (Å²) < 4.78 is 11.4. The molecular formula is C22H21N3O2S. The lowest BCUT2D eigenvalue weighted by molar-refractivity contribution is 0.465. The highest BCUT2D eigenvalue weighted by Crippen LogP contribution is 2.29. The second-order valence-electron chi connectivity index (χ2n) is 7.50. The highest BCUT2D eigenvalue weighted by atomic mass is 32.2. The Bertz CT molecular complexity index is 1050. The first-order valence-electron chi connectivity index (χ1n) is 9.06. The van der Waals surface area contributed by atoms with Gasteiger partial charge < -0.3 is 8.83 Å². The van der Waals surface area contributed by atoms with Crippen molar-refractivity contribution in [1.82, 2.24) is 15.2 Å². The quantitative estimate of drug-likeness (QED) is 0.390. The molecule has 6 heteroatoms. The Morgan fingerprint density at radius 1 is 0.857 bits per heavy atom. The molecule has 5 nitrogen and oxygen atoms in total. The summed E-state index contributed by atoms with van der Waals surface area (Å²) in [5, 5.41) is 8.81. The lowest BCUT2D eigenvalue weighted by Gasteiger charge is -2.18. The Balaban J connectivity index is 1.41. The smallest absolute Gasteiger partial charge is 0.277 e. The third kappa shape index (κ3) is 4.17. The fourth-order valence-corrected chi connectivity index (χ4v) is 3.36. The number of thioether (sulfide) groups is 1. The van der Waals surface area contributed by atoms with Gasteiger partial charge in [0.25, 0.3) is 5.22 Å². The van der Waals surface area contributed by atoms with Crippen LogP contribution >= 0.6 is 11.8 Å². The molecule has 0 atom stereocenters. The van der Waals surface area contributed by atoms with Gasteiger partial charge >= 0.3 is 0 Å². The van der Waals surface area contributed by atoms with Crippen molar-refractivity contribution in [3.8, 4) is 22.9 Å². The molecule has 0 aliphatic rings. The van der Waals surface area contributed by atoms with E-state index < -0.39 is 0 Å². The van der Waals surface area contributed by atoms with E-state index in [2.05, 4.69) is 48.1 Å². The minimum Gasteiger partial charge on any atom is -0.444 e. The molecule has 0 aliphatic heterocycles. The summed E-state index contributed by atoms with van der Waals surface area (Å²) in [7, 11) is 0. The van der Waals surface area contributed by atoms with Crippen molar-refractivity contribution >= 4 is 11.8 Å². The number of oxazole rings is 1. The Kier molecular flexibility index (Phi) is 5.05. The monoisotopic (exact) mass is 391 g/mol. The van der Waals surface area contributed by atoms with Gasteiger partial charge in [0, 0.05) is 16.9 Å². The van der Waals surface area contributed by atoms with Gasteiger partial charge in [0.15, 0.2) is 0 Å². The molecule has 0 fully saturated rings. The van der Waals surface area contributed by atoms with E-state index in [1.807, 2.05) is 42.5 Å². The van der Waals surface area contributed by atoms with E-state index in [-0.39, 0.29) is 5.41 Å². The molecule has 2 heterocycles. The molecule has 0 amide bonds. The van der Waals surface area contributed by atoms with Gasteiger partial charge in [-0.1, -0.05) is 62.9 Å². The van der Waals surface area contributed by atoms with Crippen LogP contribution in [0, 0.1) is 0 Å². The predicted molar refractivity (Wildman–Crippen MR) is 110 cm³/mol. The standard InChI is InChI=1S/C22H21N3O2S/c1-22(2,3)17-11-9-16(10-12-17)20-24-25-21(27-20)28-14-18-13-26-19(23-18)15-7-5-4-6-8-15/h4-13H,14H2,1-3H3. The van der Waals surface area contributed by atoms with E-state index in [1.54, 1.807) is 6.26 Å². The van der Waals surface area contributed by atoms with Crippen molar-refractivity contribution < 1.29 is 8.83 Å². The van der Waals surface area contributed by atoms with Crippen LogP contribution in [-0.2, 0) is 11.2 Å². The van der Waals surface area contributed by atoms with Crippen molar-refractivity contribution in [3.63, 3.8) is 0 Å². The molecule has 0 N–H and O–H groups in total. The maximum absolute atomic E-state index is 5.79. The molecule has 142 valence electrons. The van der Waals surface area contributed by atoms with E-state index in [0.29, 0.717) is 22.8 Å². The zero-order valence-electron chi connectivity index (χ0n) is 16.0. The maximum atomic E-state index is 5.79. The topological polar surface area (TPSA) is 65.0 Å². The van der Waals surface area contributed by atoms with Crippen LogP contribution in [0.5, 0.6) is 0 Å². The first kappa shape index (κ1) is 18.5. The second-order valence-corrected chi connectivity index (χ2v) is 8.43. The summed E-state index contributed by atoms with van der Waals surface area (Å²) in [6.45, 7) is 6.57. The van der Waals surface area contributed by atoms with Gasteiger partial charge in [0.05, 0.1) is 5.69 Å². The number of aromatic nitrogens is 3. The number of hydrogen-bond donors (Lipinski definition) is 0. The first-order chi connectivity index (χ1) is 13.5. The molecular weight excluding hydrogens is 370 g/mol. The van der Waals surface area contributed by atoms with Gasteiger partial charge in [-0.25, -0.2) is 4.98 Å². The highest BCUT2D eigenvalue weighted by Gasteiger charge is 2.15. The van der Waals surface area contributed by atoms with Gasteiger partial charge in [0.1, 0.15) is 6.26 Å². The minimum atomic E-state index is 0.116. The average Bonchev–Trinajstić information content (AvgIpc) is 3.36. The highest BCUT2D eigenvalue weighted by molar-refractivity contribution is 7.98. The fourth-order valence-electron chi connectivity index (χ4n) is 2.72. The number of hydrogen-bond acceptors (Lipinski definition) is 6. The Morgan fingerprint density at radius 2 is 1.57 bits per heavy atom. The number of rotatable bonds is 5. The second kappa shape index (κ2) is 7.64. The van der Waals surface area contributed by atoms with Gasteiger partial charge in [-0.15, -0.1) is 10.2 Å². The van der Waals surface area contributed by atoms with Crippen molar-refractivity contribution in [1.29, 1.82) is 0 Å². The maximum Gasteiger partial charge on any atom is 0.277 e. The molecule has 0 unspecified atom stereocenters. The summed E-state index contributed by atoms with van der Waals surface area (Å²) in [5.41, 5.74) is 4.09. The van der Waals surface area contributed by atoms with Crippen LogP contribution in [0.2, 0.25) is 0 Å². The zero-order chi connectivity index (χ0) is 19.6. The first-order valence-corrected chi connectivity index (χ1v) is 10.0. The number of nitrogens with zero attached hydrogens (tertiary/aromatic N) is 3. The Hall–Kier alpha value is -2.86. The third-order valence-electron chi connectivity index (χ3n) is 4.32. The average molecular weight is 391 g/mol. The molecule has 4 rings (SSSR count). The molecule has 0 saturated heterocycles. The van der Waals surface area contributed by atoms with Crippen LogP contribution in [0.3, 0.4) is 0 Å². The summed E-state index contributed by atoms with van der Waals surface area (Å²) >= 11 is 1.44. The molecule has 0 spiro atoms. The molecule has 28 heavy (non-hydrogen) atoms. The van der Waals surface area contributed by atoms with Crippen LogP contribution in [0.25, 0.3) is 22.9 Å². The van der Waals surface area contributed by atoms with Gasteiger partial charge in [0.2, 0.25) is 11.8 Å². The van der Waals surface area contributed by atoms with Crippen LogP contribution in [0.15, 0.2) is 74.9 Å². The molecule has 2 aromatic heterocycles. The van der Waals surface area contributed by atoms with Crippen LogP contribution in [-0.4, -0.2) is 15.2 Å². The molecule has 0 bridgehead atoms. The van der Waals surface area contributed by atoms with Crippen molar-refractivity contribution in [2.45, 2.75) is 37.2 Å². The van der Waals surface area contributed by atoms with E-state index in [4.69, 9.17) is 8.83 Å². The molecule has 0 aliphatic carbocycles. The van der Waals surface area contributed by atoms with E-state index in [9.17, 15) is 0 Å². The Labute approximate surface area is 168 Å².